The molecule has 0 aliphatic carbocycles. The van der Waals surface area contributed by atoms with Gasteiger partial charge in [0, 0.05) is 36.4 Å². The summed E-state index contributed by atoms with van der Waals surface area (Å²) in [4.78, 5) is 20.4. The number of carbonyl (C=O) groups excluding carboxylic acids is 1. The van der Waals surface area contributed by atoms with Crippen molar-refractivity contribution in [2.45, 2.75) is 25.7 Å². The summed E-state index contributed by atoms with van der Waals surface area (Å²) in [5.41, 5.74) is 1.71. The van der Waals surface area contributed by atoms with E-state index in [2.05, 4.69) is 15.2 Å². The summed E-state index contributed by atoms with van der Waals surface area (Å²) >= 11 is 3.03. The Morgan fingerprint density at radius 3 is 2.93 bits per heavy atom. The van der Waals surface area contributed by atoms with Crippen LogP contribution in [0, 0.1) is 6.92 Å². The Morgan fingerprint density at radius 2 is 2.14 bits per heavy atom. The summed E-state index contributed by atoms with van der Waals surface area (Å²) in [6.07, 6.45) is 5.72. The summed E-state index contributed by atoms with van der Waals surface area (Å²) in [5.74, 6) is 1.24. The Morgan fingerprint density at radius 1 is 1.28 bits per heavy atom. The molecule has 1 fully saturated rings. The zero-order valence-corrected chi connectivity index (χ0v) is 17.4. The number of piperidine rings is 1. The number of hydrogen-bond donors (Lipinski definition) is 0. The van der Waals surface area contributed by atoms with Crippen LogP contribution < -0.4 is 0 Å². The number of thiophene rings is 1. The second kappa shape index (κ2) is 7.57. The van der Waals surface area contributed by atoms with Crippen LogP contribution in [0.2, 0.25) is 0 Å². The third-order valence-corrected chi connectivity index (χ3v) is 6.91. The van der Waals surface area contributed by atoms with Crippen LogP contribution in [0.25, 0.3) is 16.6 Å². The molecule has 5 rings (SSSR count). The molecule has 0 aromatic carbocycles. The molecule has 1 amide bonds. The van der Waals surface area contributed by atoms with Gasteiger partial charge in [-0.3, -0.25) is 4.79 Å². The van der Waals surface area contributed by atoms with Crippen LogP contribution >= 0.6 is 22.7 Å². The second-order valence-electron chi connectivity index (χ2n) is 7.05. The van der Waals surface area contributed by atoms with Gasteiger partial charge in [-0.05, 0) is 43.3 Å². The van der Waals surface area contributed by atoms with Gasteiger partial charge in [-0.25, -0.2) is 4.98 Å². The topological polar surface area (TPSA) is 77.1 Å². The highest BCUT2D eigenvalue weighted by atomic mass is 32.1. The van der Waals surface area contributed by atoms with Crippen LogP contribution in [0.3, 0.4) is 0 Å². The van der Waals surface area contributed by atoms with E-state index in [-0.39, 0.29) is 11.8 Å². The van der Waals surface area contributed by atoms with Crippen LogP contribution in [0.4, 0.5) is 0 Å². The largest absolute Gasteiger partial charge is 0.420 e. The van der Waals surface area contributed by atoms with Gasteiger partial charge < -0.3 is 13.9 Å². The Hall–Kier alpha value is -2.78. The fraction of sp³-hybridized carbons (Fsp3) is 0.300. The first kappa shape index (κ1) is 18.3. The van der Waals surface area contributed by atoms with Crippen molar-refractivity contribution in [3.05, 3.63) is 57.8 Å². The van der Waals surface area contributed by atoms with Gasteiger partial charge in [0.2, 0.25) is 11.8 Å². The summed E-state index contributed by atoms with van der Waals surface area (Å²) in [6, 6.07) is 5.86. The van der Waals surface area contributed by atoms with Crippen LogP contribution in [0.1, 0.15) is 40.0 Å². The molecular weight excluding hydrogens is 406 g/mol. The molecule has 7 nitrogen and oxygen atoms in total. The standard InChI is InChI=1S/C20H19N5O2S2/c1-13-16(29-20(21-13)24-7-2-3-8-24)19(26)25-9-4-5-14(11-25)17-22-23-18(27-17)15-6-10-28-12-15/h2-3,6-8,10,12,14H,4-5,9,11H2,1H3/t14-/m1/s1. The molecule has 4 aromatic rings. The zero-order chi connectivity index (χ0) is 19.8. The lowest BCUT2D eigenvalue weighted by Gasteiger charge is -2.30. The van der Waals surface area contributed by atoms with Gasteiger partial charge in [0.1, 0.15) is 4.88 Å². The Balaban J connectivity index is 1.34. The minimum absolute atomic E-state index is 0.0284. The molecule has 0 radical (unpaired) electrons. The normalized spacial score (nSPS) is 17.0. The lowest BCUT2D eigenvalue weighted by molar-refractivity contribution is 0.0702. The molecule has 9 heteroatoms. The smallest absolute Gasteiger partial charge is 0.265 e. The molecule has 0 N–H and O–H groups in total. The molecule has 1 atom stereocenters. The molecule has 4 aromatic heterocycles. The lowest BCUT2D eigenvalue weighted by atomic mass is 9.98. The summed E-state index contributed by atoms with van der Waals surface area (Å²) in [7, 11) is 0. The summed E-state index contributed by atoms with van der Waals surface area (Å²) in [5, 5.41) is 13.2. The number of aromatic nitrogens is 4. The maximum Gasteiger partial charge on any atom is 0.265 e. The van der Waals surface area contributed by atoms with Gasteiger partial charge in [-0.15, -0.1) is 10.2 Å². The van der Waals surface area contributed by atoms with Gasteiger partial charge in [0.25, 0.3) is 5.91 Å². The summed E-state index contributed by atoms with van der Waals surface area (Å²) in [6.45, 7) is 3.21. The molecule has 0 unspecified atom stereocenters. The van der Waals surface area contributed by atoms with E-state index < -0.39 is 0 Å². The van der Waals surface area contributed by atoms with Gasteiger partial charge in [-0.2, -0.15) is 11.3 Å². The molecule has 148 valence electrons. The maximum absolute atomic E-state index is 13.2. The van der Waals surface area contributed by atoms with Gasteiger partial charge in [0.15, 0.2) is 5.13 Å². The van der Waals surface area contributed by atoms with Crippen molar-refractivity contribution in [1.29, 1.82) is 0 Å². The van der Waals surface area contributed by atoms with Crippen molar-refractivity contribution in [3.63, 3.8) is 0 Å². The van der Waals surface area contributed by atoms with E-state index in [9.17, 15) is 4.79 Å². The number of amides is 1. The first-order valence-corrected chi connectivity index (χ1v) is 11.2. The van der Waals surface area contributed by atoms with Gasteiger partial charge in [0.05, 0.1) is 11.6 Å². The van der Waals surface area contributed by atoms with Gasteiger partial charge in [-0.1, -0.05) is 11.3 Å². The predicted molar refractivity (Wildman–Crippen MR) is 112 cm³/mol. The maximum atomic E-state index is 13.2. The van der Waals surface area contributed by atoms with Crippen LogP contribution in [0.5, 0.6) is 0 Å². The molecule has 1 saturated heterocycles. The third kappa shape index (κ3) is 3.51. The number of nitrogens with zero attached hydrogens (tertiary/aromatic N) is 5. The quantitative estimate of drug-likeness (QED) is 0.485. The minimum atomic E-state index is 0.0284. The molecule has 1 aliphatic rings. The number of likely N-dealkylation sites (tertiary alicyclic amines) is 1. The Bertz CT molecular complexity index is 1110. The van der Waals surface area contributed by atoms with Crippen molar-refractivity contribution in [1.82, 2.24) is 24.6 Å². The highest BCUT2D eigenvalue weighted by Gasteiger charge is 2.31. The van der Waals surface area contributed by atoms with Crippen molar-refractivity contribution in [2.75, 3.05) is 13.1 Å². The first-order valence-electron chi connectivity index (χ1n) is 9.45. The zero-order valence-electron chi connectivity index (χ0n) is 15.8. The second-order valence-corrected chi connectivity index (χ2v) is 8.81. The predicted octanol–water partition coefficient (Wildman–Crippen LogP) is 4.37. The van der Waals surface area contributed by atoms with Crippen molar-refractivity contribution in [2.24, 2.45) is 0 Å². The van der Waals surface area contributed by atoms with Crippen LogP contribution in [-0.4, -0.2) is 43.6 Å². The highest BCUT2D eigenvalue weighted by Crippen LogP contribution is 2.31. The van der Waals surface area contributed by atoms with Crippen molar-refractivity contribution < 1.29 is 9.21 Å². The molecule has 0 spiro atoms. The van der Waals surface area contributed by atoms with E-state index in [0.717, 1.165) is 35.8 Å². The fourth-order valence-corrected chi connectivity index (χ4v) is 5.19. The Kier molecular flexibility index (Phi) is 4.76. The van der Waals surface area contributed by atoms with E-state index in [1.807, 2.05) is 57.7 Å². The minimum Gasteiger partial charge on any atom is -0.420 e. The lowest BCUT2D eigenvalue weighted by Crippen LogP contribution is -2.39. The number of thiazole rings is 1. The van der Waals surface area contributed by atoms with E-state index in [1.165, 1.54) is 11.3 Å². The molecule has 5 heterocycles. The average Bonchev–Trinajstić information content (AvgIpc) is 3.54. The van der Waals surface area contributed by atoms with E-state index in [1.54, 1.807) is 11.3 Å². The fourth-order valence-electron chi connectivity index (χ4n) is 3.56. The molecule has 0 bridgehead atoms. The number of rotatable bonds is 4. The summed E-state index contributed by atoms with van der Waals surface area (Å²) < 4.78 is 7.84. The highest BCUT2D eigenvalue weighted by molar-refractivity contribution is 7.16. The number of carbonyl (C=O) groups is 1. The van der Waals surface area contributed by atoms with E-state index >= 15 is 0 Å². The third-order valence-electron chi connectivity index (χ3n) is 5.07. The average molecular weight is 426 g/mol. The van der Waals surface area contributed by atoms with Crippen LogP contribution in [0.15, 0.2) is 45.8 Å². The van der Waals surface area contributed by atoms with E-state index in [0.29, 0.717) is 23.2 Å². The van der Waals surface area contributed by atoms with Crippen molar-refractivity contribution in [3.8, 4) is 16.6 Å². The molecule has 1 aliphatic heterocycles. The van der Waals surface area contributed by atoms with E-state index in [4.69, 9.17) is 4.42 Å². The number of aryl methyl sites for hydroxylation is 1. The first-order chi connectivity index (χ1) is 14.2. The van der Waals surface area contributed by atoms with Crippen molar-refractivity contribution >= 4 is 28.6 Å². The molecule has 29 heavy (non-hydrogen) atoms. The van der Waals surface area contributed by atoms with Gasteiger partial charge >= 0.3 is 0 Å². The SMILES string of the molecule is Cc1nc(-n2cccc2)sc1C(=O)N1CCC[C@@H](c2nnc(-c3ccsc3)o2)C1. The molecular formula is C20H19N5O2S2. The van der Waals surface area contributed by atoms with Crippen LogP contribution in [-0.2, 0) is 0 Å². The molecule has 0 saturated carbocycles. The Labute approximate surface area is 175 Å². The monoisotopic (exact) mass is 425 g/mol. The number of hydrogen-bond acceptors (Lipinski definition) is 7.